The number of hydrogen-bond donors (Lipinski definition) is 0. The lowest BCUT2D eigenvalue weighted by Crippen LogP contribution is -2.11. The van der Waals surface area contributed by atoms with Crippen molar-refractivity contribution in [3.63, 3.8) is 0 Å². The number of aryl methyl sites for hydroxylation is 1. The molecule has 0 N–H and O–H groups in total. The van der Waals surface area contributed by atoms with Crippen LogP contribution in [0.15, 0.2) is 59.6 Å². The molecule has 0 saturated heterocycles. The van der Waals surface area contributed by atoms with Gasteiger partial charge in [0, 0.05) is 11.6 Å². The van der Waals surface area contributed by atoms with E-state index < -0.39 is 10.0 Å². The van der Waals surface area contributed by atoms with Crippen molar-refractivity contribution >= 4 is 20.9 Å². The molecule has 22 heavy (non-hydrogen) atoms. The van der Waals surface area contributed by atoms with Crippen molar-refractivity contribution < 1.29 is 8.42 Å². The van der Waals surface area contributed by atoms with Gasteiger partial charge in [-0.1, -0.05) is 35.9 Å². The minimum absolute atomic E-state index is 0.334. The molecule has 1 saturated carbocycles. The van der Waals surface area contributed by atoms with Crippen molar-refractivity contribution in [2.45, 2.75) is 30.6 Å². The number of nitrogens with zero attached hydrogens (tertiary/aromatic N) is 1. The zero-order valence-corrected chi connectivity index (χ0v) is 13.2. The molecule has 0 unspecified atom stereocenters. The van der Waals surface area contributed by atoms with Crippen LogP contribution in [0.2, 0.25) is 0 Å². The fourth-order valence-electron chi connectivity index (χ4n) is 2.92. The Labute approximate surface area is 130 Å². The Morgan fingerprint density at radius 3 is 2.36 bits per heavy atom. The van der Waals surface area contributed by atoms with E-state index in [4.69, 9.17) is 0 Å². The molecule has 2 aromatic carbocycles. The smallest absolute Gasteiger partial charge is 0.241 e. The van der Waals surface area contributed by atoms with Gasteiger partial charge in [-0.25, -0.2) is 12.4 Å². The van der Waals surface area contributed by atoms with E-state index in [1.807, 2.05) is 49.5 Å². The first kappa shape index (κ1) is 13.6. The third-order valence-electron chi connectivity index (χ3n) is 4.30. The van der Waals surface area contributed by atoms with Gasteiger partial charge < -0.3 is 0 Å². The molecule has 1 heterocycles. The highest BCUT2D eigenvalue weighted by atomic mass is 32.2. The molecule has 4 heteroatoms. The van der Waals surface area contributed by atoms with Gasteiger partial charge in [-0.2, -0.15) is 0 Å². The molecule has 3 aromatic rings. The SMILES string of the molecule is Cc1ccc(S(=O)(=O)n2cc(C3CC3)c3ccccc32)cc1. The van der Waals surface area contributed by atoms with Crippen LogP contribution in [0.25, 0.3) is 10.9 Å². The Hall–Kier alpha value is -2.07. The molecule has 0 bridgehead atoms. The van der Waals surface area contributed by atoms with Gasteiger partial charge in [-0.05, 0) is 49.4 Å². The van der Waals surface area contributed by atoms with Crippen molar-refractivity contribution in [1.82, 2.24) is 3.97 Å². The summed E-state index contributed by atoms with van der Waals surface area (Å²) in [5.74, 6) is 0.513. The predicted molar refractivity (Wildman–Crippen MR) is 87.7 cm³/mol. The number of fused-ring (bicyclic) bond motifs is 1. The van der Waals surface area contributed by atoms with E-state index >= 15 is 0 Å². The third-order valence-corrected chi connectivity index (χ3v) is 5.99. The van der Waals surface area contributed by atoms with E-state index in [0.29, 0.717) is 10.8 Å². The van der Waals surface area contributed by atoms with Gasteiger partial charge in [0.15, 0.2) is 0 Å². The zero-order valence-electron chi connectivity index (χ0n) is 12.4. The molecule has 0 radical (unpaired) electrons. The second kappa shape index (κ2) is 4.71. The van der Waals surface area contributed by atoms with E-state index in [1.165, 1.54) is 3.97 Å². The van der Waals surface area contributed by atoms with Gasteiger partial charge >= 0.3 is 0 Å². The Morgan fingerprint density at radius 1 is 1.00 bits per heavy atom. The number of aromatic nitrogens is 1. The van der Waals surface area contributed by atoms with Crippen LogP contribution in [0.5, 0.6) is 0 Å². The van der Waals surface area contributed by atoms with Gasteiger partial charge in [-0.3, -0.25) is 0 Å². The van der Waals surface area contributed by atoms with Crippen LogP contribution >= 0.6 is 0 Å². The summed E-state index contributed by atoms with van der Waals surface area (Å²) in [7, 11) is -3.55. The second-order valence-corrected chi connectivity index (χ2v) is 7.80. The van der Waals surface area contributed by atoms with Crippen molar-refractivity contribution in [2.75, 3.05) is 0 Å². The summed E-state index contributed by atoms with van der Waals surface area (Å²) in [5.41, 5.74) is 2.98. The molecular weight excluding hydrogens is 294 g/mol. The Morgan fingerprint density at radius 2 is 1.68 bits per heavy atom. The Kier molecular flexibility index (Phi) is 2.91. The van der Waals surface area contributed by atoms with Crippen LogP contribution in [0, 0.1) is 6.92 Å². The Bertz CT molecular complexity index is 948. The predicted octanol–water partition coefficient (Wildman–Crippen LogP) is 4.06. The minimum atomic E-state index is -3.55. The van der Waals surface area contributed by atoms with Crippen LogP contribution in [0.4, 0.5) is 0 Å². The van der Waals surface area contributed by atoms with Crippen LogP contribution in [-0.4, -0.2) is 12.4 Å². The summed E-state index contributed by atoms with van der Waals surface area (Å²) in [6.07, 6.45) is 4.12. The number of hydrogen-bond acceptors (Lipinski definition) is 2. The first-order valence-electron chi connectivity index (χ1n) is 7.49. The molecule has 1 aliphatic carbocycles. The van der Waals surface area contributed by atoms with Crippen molar-refractivity contribution in [3.05, 3.63) is 65.9 Å². The quantitative estimate of drug-likeness (QED) is 0.731. The van der Waals surface area contributed by atoms with Crippen molar-refractivity contribution in [2.24, 2.45) is 0 Å². The van der Waals surface area contributed by atoms with Crippen LogP contribution in [0.3, 0.4) is 0 Å². The van der Waals surface area contributed by atoms with E-state index in [1.54, 1.807) is 12.1 Å². The first-order valence-corrected chi connectivity index (χ1v) is 8.93. The molecule has 112 valence electrons. The first-order chi connectivity index (χ1) is 10.6. The highest BCUT2D eigenvalue weighted by Crippen LogP contribution is 2.44. The number of rotatable bonds is 3. The molecule has 0 aliphatic heterocycles. The van der Waals surface area contributed by atoms with Crippen LogP contribution < -0.4 is 0 Å². The van der Waals surface area contributed by atoms with Gasteiger partial charge in [0.1, 0.15) is 0 Å². The normalized spacial score (nSPS) is 15.3. The lowest BCUT2D eigenvalue weighted by molar-refractivity contribution is 0.589. The highest BCUT2D eigenvalue weighted by molar-refractivity contribution is 7.90. The number of benzene rings is 2. The van der Waals surface area contributed by atoms with Gasteiger partial charge in [0.25, 0.3) is 10.0 Å². The van der Waals surface area contributed by atoms with Gasteiger partial charge in [0.2, 0.25) is 0 Å². The molecule has 1 aromatic heterocycles. The highest BCUT2D eigenvalue weighted by Gasteiger charge is 2.29. The summed E-state index contributed by atoms with van der Waals surface area (Å²) in [5, 5.41) is 1.06. The van der Waals surface area contributed by atoms with Gasteiger partial charge in [-0.15, -0.1) is 0 Å². The second-order valence-electron chi connectivity index (χ2n) is 5.99. The summed E-state index contributed by atoms with van der Waals surface area (Å²) >= 11 is 0. The average molecular weight is 311 g/mol. The zero-order chi connectivity index (χ0) is 15.3. The van der Waals surface area contributed by atoms with Crippen molar-refractivity contribution in [1.29, 1.82) is 0 Å². The molecule has 0 atom stereocenters. The van der Waals surface area contributed by atoms with Crippen molar-refractivity contribution in [3.8, 4) is 0 Å². The summed E-state index contributed by atoms with van der Waals surface area (Å²) in [6.45, 7) is 1.95. The molecular formula is C18H17NO2S. The maximum absolute atomic E-state index is 13.0. The fourth-order valence-corrected chi connectivity index (χ4v) is 4.30. The molecule has 1 aliphatic rings. The minimum Gasteiger partial charge on any atom is -0.241 e. The van der Waals surface area contributed by atoms with Crippen LogP contribution in [0.1, 0.15) is 29.9 Å². The molecule has 1 fully saturated rings. The average Bonchev–Trinajstić information content (AvgIpc) is 3.28. The summed E-state index contributed by atoms with van der Waals surface area (Å²) in [4.78, 5) is 0.334. The Balaban J connectivity index is 1.95. The summed E-state index contributed by atoms with van der Waals surface area (Å²) in [6, 6.07) is 14.8. The topological polar surface area (TPSA) is 39.1 Å². The summed E-state index contributed by atoms with van der Waals surface area (Å²) < 4.78 is 27.4. The van der Waals surface area contributed by atoms with E-state index in [-0.39, 0.29) is 0 Å². The molecule has 3 nitrogen and oxygen atoms in total. The largest absolute Gasteiger partial charge is 0.268 e. The monoisotopic (exact) mass is 311 g/mol. The fraction of sp³-hybridized carbons (Fsp3) is 0.222. The molecule has 4 rings (SSSR count). The van der Waals surface area contributed by atoms with E-state index in [9.17, 15) is 8.42 Å². The lowest BCUT2D eigenvalue weighted by Gasteiger charge is -2.07. The lowest BCUT2D eigenvalue weighted by atomic mass is 10.1. The van der Waals surface area contributed by atoms with E-state index in [2.05, 4.69) is 0 Å². The number of para-hydroxylation sites is 1. The molecule has 0 amide bonds. The maximum atomic E-state index is 13.0. The van der Waals surface area contributed by atoms with Gasteiger partial charge in [0.05, 0.1) is 10.4 Å². The maximum Gasteiger partial charge on any atom is 0.268 e. The third kappa shape index (κ3) is 2.06. The van der Waals surface area contributed by atoms with Crippen LogP contribution in [-0.2, 0) is 10.0 Å². The molecule has 0 spiro atoms. The standard InChI is InChI=1S/C18H17NO2S/c1-13-6-10-15(11-7-13)22(20,21)19-12-17(14-8-9-14)16-4-2-3-5-18(16)19/h2-7,10-12,14H,8-9H2,1H3. The van der Waals surface area contributed by atoms with E-state index in [0.717, 1.165) is 34.9 Å².